The van der Waals surface area contributed by atoms with Gasteiger partial charge in [0.25, 0.3) is 11.6 Å². The van der Waals surface area contributed by atoms with E-state index in [-0.39, 0.29) is 18.0 Å². The number of anilines is 1. The molecular weight excluding hydrogens is 343 g/mol. The Balaban J connectivity index is 2.04. The summed E-state index contributed by atoms with van der Waals surface area (Å²) in [7, 11) is 0. The third-order valence-electron chi connectivity index (χ3n) is 3.02. The first-order valence-corrected chi connectivity index (χ1v) is 7.26. The molecule has 0 aliphatic heterocycles. The van der Waals surface area contributed by atoms with Gasteiger partial charge in [-0.05, 0) is 30.7 Å². The zero-order valence-corrected chi connectivity index (χ0v) is 13.5. The number of nitrogens with zero attached hydrogens (tertiary/aromatic N) is 1. The van der Waals surface area contributed by atoms with Crippen LogP contribution >= 0.6 is 23.2 Å². The summed E-state index contributed by atoms with van der Waals surface area (Å²) < 4.78 is 5.33. The number of rotatable bonds is 5. The maximum absolute atomic E-state index is 11.9. The fourth-order valence-corrected chi connectivity index (χ4v) is 2.24. The molecule has 2 aromatic rings. The van der Waals surface area contributed by atoms with Crippen molar-refractivity contribution in [1.29, 1.82) is 0 Å². The van der Waals surface area contributed by atoms with Gasteiger partial charge in [0.1, 0.15) is 11.4 Å². The van der Waals surface area contributed by atoms with Crippen molar-refractivity contribution in [2.75, 3.05) is 11.9 Å². The number of amides is 1. The summed E-state index contributed by atoms with van der Waals surface area (Å²) in [5.74, 6) is -0.228. The van der Waals surface area contributed by atoms with Crippen molar-refractivity contribution in [3.8, 4) is 5.75 Å². The molecule has 0 aromatic heterocycles. The number of hydrogen-bond acceptors (Lipinski definition) is 4. The largest absolute Gasteiger partial charge is 0.482 e. The van der Waals surface area contributed by atoms with Crippen molar-refractivity contribution in [3.05, 3.63) is 62.1 Å². The summed E-state index contributed by atoms with van der Waals surface area (Å²) in [6, 6.07) is 9.00. The van der Waals surface area contributed by atoms with E-state index in [4.69, 9.17) is 27.9 Å². The second kappa shape index (κ2) is 7.30. The first-order chi connectivity index (χ1) is 10.9. The molecule has 0 aliphatic rings. The smallest absolute Gasteiger partial charge is 0.292 e. The van der Waals surface area contributed by atoms with Crippen LogP contribution in [0.2, 0.25) is 10.0 Å². The van der Waals surface area contributed by atoms with Gasteiger partial charge in [0.15, 0.2) is 6.61 Å². The fourth-order valence-electron chi connectivity index (χ4n) is 1.82. The molecule has 0 unspecified atom stereocenters. The predicted octanol–water partition coefficient (Wildman–Crippen LogP) is 4.23. The summed E-state index contributed by atoms with van der Waals surface area (Å²) in [5, 5.41) is 14.1. The Morgan fingerprint density at radius 2 is 1.96 bits per heavy atom. The van der Waals surface area contributed by atoms with E-state index in [0.717, 1.165) is 0 Å². The van der Waals surface area contributed by atoms with E-state index in [9.17, 15) is 14.9 Å². The lowest BCUT2D eigenvalue weighted by atomic mass is 10.2. The number of carbonyl (C=O) groups is 1. The van der Waals surface area contributed by atoms with E-state index in [1.54, 1.807) is 25.1 Å². The predicted molar refractivity (Wildman–Crippen MR) is 88.4 cm³/mol. The Morgan fingerprint density at radius 1 is 1.26 bits per heavy atom. The van der Waals surface area contributed by atoms with Crippen molar-refractivity contribution < 1.29 is 14.5 Å². The van der Waals surface area contributed by atoms with Gasteiger partial charge in [0.2, 0.25) is 0 Å². The van der Waals surface area contributed by atoms with Gasteiger partial charge in [-0.15, -0.1) is 0 Å². The second-order valence-corrected chi connectivity index (χ2v) is 5.38. The molecule has 0 radical (unpaired) electrons. The van der Waals surface area contributed by atoms with E-state index in [2.05, 4.69) is 5.32 Å². The van der Waals surface area contributed by atoms with Crippen molar-refractivity contribution in [2.24, 2.45) is 0 Å². The lowest BCUT2D eigenvalue weighted by molar-refractivity contribution is -0.383. The number of nitrogens with one attached hydrogen (secondary N) is 1. The number of nitro benzene ring substituents is 1. The van der Waals surface area contributed by atoms with Crippen LogP contribution in [0, 0.1) is 17.0 Å². The average Bonchev–Trinajstić information content (AvgIpc) is 2.52. The van der Waals surface area contributed by atoms with E-state index >= 15 is 0 Å². The van der Waals surface area contributed by atoms with Gasteiger partial charge >= 0.3 is 0 Å². The number of nitro groups is 1. The topological polar surface area (TPSA) is 81.5 Å². The average molecular weight is 355 g/mol. The number of hydrogen-bond donors (Lipinski definition) is 1. The highest BCUT2D eigenvalue weighted by Crippen LogP contribution is 2.32. The molecule has 120 valence electrons. The van der Waals surface area contributed by atoms with Gasteiger partial charge in [-0.3, -0.25) is 14.9 Å². The van der Waals surface area contributed by atoms with Crippen LogP contribution in [0.15, 0.2) is 36.4 Å². The van der Waals surface area contributed by atoms with Gasteiger partial charge in [-0.25, -0.2) is 0 Å². The molecule has 0 saturated carbocycles. The number of benzene rings is 2. The number of halogens is 2. The van der Waals surface area contributed by atoms with Gasteiger partial charge in [0.05, 0.1) is 9.95 Å². The lowest BCUT2D eigenvalue weighted by Gasteiger charge is -2.11. The minimum absolute atomic E-state index is 0.101. The summed E-state index contributed by atoms with van der Waals surface area (Å²) in [6.07, 6.45) is 0. The Morgan fingerprint density at radius 3 is 2.65 bits per heavy atom. The molecule has 2 rings (SSSR count). The molecule has 1 N–H and O–H groups in total. The molecule has 0 aliphatic carbocycles. The molecule has 2 aromatic carbocycles. The molecular formula is C15H12Cl2N2O4. The molecule has 0 spiro atoms. The second-order valence-electron chi connectivity index (χ2n) is 4.60. The molecule has 0 heterocycles. The minimum atomic E-state index is -0.574. The molecule has 8 heteroatoms. The van der Waals surface area contributed by atoms with Crippen molar-refractivity contribution in [1.82, 2.24) is 0 Å². The Hall–Kier alpha value is -2.31. The van der Waals surface area contributed by atoms with E-state index in [0.29, 0.717) is 21.4 Å². The number of ether oxygens (including phenoxy) is 1. The van der Waals surface area contributed by atoms with E-state index < -0.39 is 10.8 Å². The monoisotopic (exact) mass is 354 g/mol. The Labute approximate surface area is 142 Å². The van der Waals surface area contributed by atoms with Gasteiger partial charge in [-0.2, -0.15) is 0 Å². The fraction of sp³-hybridized carbons (Fsp3) is 0.133. The standard InChI is InChI=1S/C15H12Cl2N2O4/c1-9-10(16)6-7-13(15(9)17)23-8-14(20)18-11-4-2-3-5-12(11)19(21)22/h2-7H,8H2,1H3,(H,18,20). The lowest BCUT2D eigenvalue weighted by Crippen LogP contribution is -2.20. The summed E-state index contributed by atoms with van der Waals surface area (Å²) >= 11 is 12.0. The summed E-state index contributed by atoms with van der Waals surface area (Å²) in [4.78, 5) is 22.2. The molecule has 6 nitrogen and oxygen atoms in total. The van der Waals surface area contributed by atoms with Gasteiger partial charge in [0, 0.05) is 11.1 Å². The SMILES string of the molecule is Cc1c(Cl)ccc(OCC(=O)Nc2ccccc2[N+](=O)[O-])c1Cl. The van der Waals surface area contributed by atoms with Crippen LogP contribution in [0.3, 0.4) is 0 Å². The molecule has 0 bridgehead atoms. The van der Waals surface area contributed by atoms with Crippen LogP contribution in [0.1, 0.15) is 5.56 Å². The molecule has 0 fully saturated rings. The highest BCUT2D eigenvalue weighted by molar-refractivity contribution is 6.36. The van der Waals surface area contributed by atoms with Crippen LogP contribution in [0.5, 0.6) is 5.75 Å². The zero-order valence-electron chi connectivity index (χ0n) is 12.0. The van der Waals surface area contributed by atoms with Crippen LogP contribution in [0.4, 0.5) is 11.4 Å². The third-order valence-corrected chi connectivity index (χ3v) is 3.90. The van der Waals surface area contributed by atoms with Crippen LogP contribution in [0.25, 0.3) is 0 Å². The summed E-state index contributed by atoms with van der Waals surface area (Å²) in [5.41, 5.74) is 0.552. The van der Waals surface area contributed by atoms with Crippen molar-refractivity contribution >= 4 is 40.5 Å². The maximum atomic E-state index is 11.9. The summed E-state index contributed by atoms with van der Waals surface area (Å²) in [6.45, 7) is 1.39. The van der Waals surface area contributed by atoms with Crippen molar-refractivity contribution in [2.45, 2.75) is 6.92 Å². The van der Waals surface area contributed by atoms with E-state index in [1.165, 1.54) is 18.2 Å². The van der Waals surface area contributed by atoms with Gasteiger partial charge < -0.3 is 10.1 Å². The number of para-hydroxylation sites is 2. The quantitative estimate of drug-likeness (QED) is 0.643. The maximum Gasteiger partial charge on any atom is 0.292 e. The molecule has 0 saturated heterocycles. The minimum Gasteiger partial charge on any atom is -0.482 e. The van der Waals surface area contributed by atoms with E-state index in [1.807, 2.05) is 0 Å². The number of carbonyl (C=O) groups excluding carboxylic acids is 1. The molecule has 23 heavy (non-hydrogen) atoms. The highest BCUT2D eigenvalue weighted by atomic mass is 35.5. The first-order valence-electron chi connectivity index (χ1n) is 6.51. The highest BCUT2D eigenvalue weighted by Gasteiger charge is 2.15. The third kappa shape index (κ3) is 4.12. The molecule has 0 atom stereocenters. The zero-order chi connectivity index (χ0) is 17.0. The Kier molecular flexibility index (Phi) is 5.41. The van der Waals surface area contributed by atoms with Crippen LogP contribution in [-0.2, 0) is 4.79 Å². The normalized spacial score (nSPS) is 10.2. The van der Waals surface area contributed by atoms with Crippen molar-refractivity contribution in [3.63, 3.8) is 0 Å². The Bertz CT molecular complexity index is 765. The van der Waals surface area contributed by atoms with Crippen LogP contribution < -0.4 is 10.1 Å². The first kappa shape index (κ1) is 17.1. The van der Waals surface area contributed by atoms with Gasteiger partial charge in [-0.1, -0.05) is 35.3 Å². The van der Waals surface area contributed by atoms with Crippen LogP contribution in [-0.4, -0.2) is 17.4 Å². The molecule has 1 amide bonds.